The molecule has 3 aliphatic heterocycles. The molecule has 1 N–H and O–H groups in total. The number of benzene rings is 2. The number of aryl methyl sites for hydroxylation is 1. The Morgan fingerprint density at radius 3 is 2.53 bits per heavy atom. The maximum Gasteiger partial charge on any atom is 0.214 e. The number of hydrogen-bond acceptors (Lipinski definition) is 8. The Kier molecular flexibility index (Phi) is 12.5. The predicted octanol–water partition coefficient (Wildman–Crippen LogP) is 6.67. The molecule has 2 aromatic rings. The monoisotopic (exact) mass is 741 g/mol. The number of nitrogens with zero attached hydrogens (tertiary/aromatic N) is 2. The number of nitrogens with one attached hydrogen (secondary N) is 1. The van der Waals surface area contributed by atoms with Crippen molar-refractivity contribution in [3.05, 3.63) is 70.3 Å². The standard InChI is InChI=1S/C40H56ClN3O6S/c1-28-8-7-18-40(49-4,27-43-20-16-35(48-3)17-21-43)36-14-11-32(36)25-44-19-6-5-9-30-22-34(41)13-10-33(30)26-50-39-15-12-31(23-37(39)44)38(45)24-42-51(46,47)29(28)2/h7,10,12-13,15,18,22-23,28-29,32,35-36,42H,5-6,8-9,11,14,16-17,19-21,24-27H2,1-4H3/b18-7+/t28-,29+,32-,36+,40+/m0/s1. The van der Waals surface area contributed by atoms with Gasteiger partial charge in [-0.05, 0) is 118 Å². The Bertz CT molecular complexity index is 1660. The van der Waals surface area contributed by atoms with E-state index in [0.29, 0.717) is 36.4 Å². The van der Waals surface area contributed by atoms with E-state index in [4.69, 9.17) is 25.8 Å². The van der Waals surface area contributed by atoms with E-state index in [0.717, 1.165) is 93.9 Å². The third-order valence-corrected chi connectivity index (χ3v) is 14.4. The quantitative estimate of drug-likeness (QED) is 0.348. The zero-order valence-corrected chi connectivity index (χ0v) is 32.3. The van der Waals surface area contributed by atoms with Gasteiger partial charge in [-0.1, -0.05) is 36.7 Å². The summed E-state index contributed by atoms with van der Waals surface area (Å²) in [6.45, 7) is 8.08. The number of ether oxygens (including phenoxy) is 3. The lowest BCUT2D eigenvalue weighted by Crippen LogP contribution is -2.57. The molecule has 0 unspecified atom stereocenters. The number of rotatable bonds is 4. The zero-order valence-electron chi connectivity index (χ0n) is 30.7. The summed E-state index contributed by atoms with van der Waals surface area (Å²) in [5.41, 5.74) is 3.12. The van der Waals surface area contributed by atoms with Gasteiger partial charge in [0.15, 0.2) is 5.78 Å². The minimum atomic E-state index is -3.75. The molecule has 11 heteroatoms. The van der Waals surface area contributed by atoms with E-state index in [1.165, 1.54) is 5.56 Å². The molecule has 2 fully saturated rings. The van der Waals surface area contributed by atoms with Crippen molar-refractivity contribution in [3.63, 3.8) is 0 Å². The van der Waals surface area contributed by atoms with Gasteiger partial charge in [-0.25, -0.2) is 13.1 Å². The second kappa shape index (κ2) is 16.7. The van der Waals surface area contributed by atoms with Crippen LogP contribution in [-0.4, -0.2) is 89.5 Å². The predicted molar refractivity (Wildman–Crippen MR) is 203 cm³/mol. The maximum atomic E-state index is 13.6. The first-order chi connectivity index (χ1) is 24.5. The molecule has 4 aliphatic rings. The van der Waals surface area contributed by atoms with Crippen LogP contribution >= 0.6 is 11.6 Å². The molecule has 9 nitrogen and oxygen atoms in total. The van der Waals surface area contributed by atoms with Crippen molar-refractivity contribution < 1.29 is 27.4 Å². The number of likely N-dealkylation sites (tertiary alicyclic amines) is 1. The lowest BCUT2D eigenvalue weighted by molar-refractivity contribution is -0.0973. The average molecular weight is 742 g/mol. The highest BCUT2D eigenvalue weighted by Gasteiger charge is 2.48. The fraction of sp³-hybridized carbons (Fsp3) is 0.625. The van der Waals surface area contributed by atoms with Crippen LogP contribution in [0.1, 0.15) is 80.3 Å². The highest BCUT2D eigenvalue weighted by molar-refractivity contribution is 7.90. The molecule has 280 valence electrons. The number of sulfonamides is 1. The van der Waals surface area contributed by atoms with E-state index in [9.17, 15) is 13.2 Å². The van der Waals surface area contributed by atoms with Gasteiger partial charge in [-0.3, -0.25) is 9.69 Å². The van der Waals surface area contributed by atoms with Crippen LogP contribution < -0.4 is 14.4 Å². The SMILES string of the molecule is COC1CCN(C[C@]2(OC)/C=C/C[C@H](C)[C@@H](C)S(=O)(=O)NCC(=O)c3ccc4c(c3)N(CCCCc3cc(Cl)ccc3CO4)C[C@@H]3CC[C@H]32)CC1. The number of Topliss-reactive ketones (excluding diaryl/α,β-unsaturated/α-hetero) is 1. The van der Waals surface area contributed by atoms with Crippen molar-refractivity contribution >= 4 is 33.1 Å². The first kappa shape index (κ1) is 38.3. The van der Waals surface area contributed by atoms with Crippen LogP contribution in [0.5, 0.6) is 5.75 Å². The van der Waals surface area contributed by atoms with E-state index in [-0.39, 0.29) is 24.2 Å². The molecule has 3 heterocycles. The number of hydrogen-bond donors (Lipinski definition) is 1. The van der Waals surface area contributed by atoms with Crippen LogP contribution in [0.4, 0.5) is 5.69 Å². The number of carbonyl (C=O) groups is 1. The fourth-order valence-corrected chi connectivity index (χ4v) is 9.95. The summed E-state index contributed by atoms with van der Waals surface area (Å²) in [6, 6.07) is 11.5. The molecule has 2 bridgehead atoms. The number of anilines is 1. The summed E-state index contributed by atoms with van der Waals surface area (Å²) in [4.78, 5) is 18.5. The van der Waals surface area contributed by atoms with Crippen LogP contribution in [0.25, 0.3) is 0 Å². The van der Waals surface area contributed by atoms with Gasteiger partial charge in [0.25, 0.3) is 0 Å². The van der Waals surface area contributed by atoms with Crippen LogP contribution in [0.15, 0.2) is 48.6 Å². The first-order valence-electron chi connectivity index (χ1n) is 18.8. The van der Waals surface area contributed by atoms with Crippen LogP contribution in [0.2, 0.25) is 5.02 Å². The van der Waals surface area contributed by atoms with Gasteiger partial charge in [0.05, 0.1) is 23.6 Å². The molecule has 2 aromatic carbocycles. The number of piperidine rings is 1. The minimum absolute atomic E-state index is 0.160. The third kappa shape index (κ3) is 8.85. The van der Waals surface area contributed by atoms with Crippen LogP contribution in [0.3, 0.4) is 0 Å². The van der Waals surface area contributed by atoms with Crippen molar-refractivity contribution in [2.24, 2.45) is 17.8 Å². The van der Waals surface area contributed by atoms with Crippen LogP contribution in [-0.2, 0) is 32.5 Å². The average Bonchev–Trinajstić information content (AvgIpc) is 3.15. The van der Waals surface area contributed by atoms with Crippen molar-refractivity contribution in [1.29, 1.82) is 0 Å². The normalized spacial score (nSPS) is 30.5. The van der Waals surface area contributed by atoms with Gasteiger partial charge < -0.3 is 19.1 Å². The Morgan fingerprint density at radius 1 is 1.00 bits per heavy atom. The Balaban J connectivity index is 1.38. The number of carbonyl (C=O) groups excluding carboxylic acids is 1. The molecule has 0 amide bonds. The highest BCUT2D eigenvalue weighted by atomic mass is 35.5. The molecular weight excluding hydrogens is 686 g/mol. The summed E-state index contributed by atoms with van der Waals surface area (Å²) in [7, 11) is -0.115. The molecule has 1 saturated carbocycles. The summed E-state index contributed by atoms with van der Waals surface area (Å²) >= 11 is 6.40. The van der Waals surface area contributed by atoms with Gasteiger partial charge in [0.1, 0.15) is 18.0 Å². The van der Waals surface area contributed by atoms with Gasteiger partial charge in [0, 0.05) is 57.5 Å². The molecule has 5 atom stereocenters. The third-order valence-electron chi connectivity index (χ3n) is 12.1. The van der Waals surface area contributed by atoms with Gasteiger partial charge >= 0.3 is 0 Å². The molecule has 1 saturated heterocycles. The molecule has 1 aliphatic carbocycles. The maximum absolute atomic E-state index is 13.6. The molecule has 0 radical (unpaired) electrons. The van der Waals surface area contributed by atoms with Crippen molar-refractivity contribution in [3.8, 4) is 5.75 Å². The van der Waals surface area contributed by atoms with Crippen LogP contribution in [0, 0.1) is 17.8 Å². The Morgan fingerprint density at radius 2 is 1.80 bits per heavy atom. The number of methoxy groups -OCH3 is 2. The number of ketones is 1. The van der Waals surface area contributed by atoms with E-state index >= 15 is 0 Å². The van der Waals surface area contributed by atoms with E-state index in [1.807, 2.05) is 44.4 Å². The smallest absolute Gasteiger partial charge is 0.214 e. The van der Waals surface area contributed by atoms with Gasteiger partial charge in [0.2, 0.25) is 10.0 Å². The fourth-order valence-electron chi connectivity index (χ4n) is 8.44. The summed E-state index contributed by atoms with van der Waals surface area (Å²) in [6.07, 6.45) is 12.3. The molecule has 0 aromatic heterocycles. The van der Waals surface area contributed by atoms with Crippen molar-refractivity contribution in [2.45, 2.75) is 88.8 Å². The second-order valence-corrected chi connectivity index (χ2v) is 17.8. The zero-order chi connectivity index (χ0) is 36.2. The lowest BCUT2D eigenvalue weighted by Gasteiger charge is -2.51. The van der Waals surface area contributed by atoms with Gasteiger partial charge in [-0.15, -0.1) is 0 Å². The second-order valence-electron chi connectivity index (χ2n) is 15.2. The van der Waals surface area contributed by atoms with Crippen molar-refractivity contribution in [1.82, 2.24) is 9.62 Å². The largest absolute Gasteiger partial charge is 0.487 e. The Labute approximate surface area is 310 Å². The first-order valence-corrected chi connectivity index (χ1v) is 20.7. The lowest BCUT2D eigenvalue weighted by atomic mass is 9.63. The number of allylic oxidation sites excluding steroid dienone is 1. The number of fused-ring (bicyclic) bond motifs is 3. The van der Waals surface area contributed by atoms with E-state index in [2.05, 4.69) is 26.7 Å². The van der Waals surface area contributed by atoms with E-state index < -0.39 is 20.9 Å². The van der Waals surface area contributed by atoms with Crippen molar-refractivity contribution in [2.75, 3.05) is 58.4 Å². The molecule has 51 heavy (non-hydrogen) atoms. The number of halogens is 1. The summed E-state index contributed by atoms with van der Waals surface area (Å²) < 4.78 is 48.3. The highest BCUT2D eigenvalue weighted by Crippen LogP contribution is 2.47. The molecular formula is C40H56ClN3O6S. The summed E-state index contributed by atoms with van der Waals surface area (Å²) in [5, 5.41) is 0.0453. The minimum Gasteiger partial charge on any atom is -0.487 e. The van der Waals surface area contributed by atoms with E-state index in [1.54, 1.807) is 20.1 Å². The Hall–Kier alpha value is -2.47. The summed E-state index contributed by atoms with van der Waals surface area (Å²) in [5.74, 6) is 0.911. The molecule has 0 spiro atoms. The molecule has 6 rings (SSSR count). The van der Waals surface area contributed by atoms with Gasteiger partial charge in [-0.2, -0.15) is 0 Å². The topological polar surface area (TPSA) is 97.4 Å².